The fraction of sp³-hybridized carbons (Fsp3) is 0.0556. The van der Waals surface area contributed by atoms with Gasteiger partial charge in [-0.25, -0.2) is 4.98 Å². The molecule has 23 heavy (non-hydrogen) atoms. The first-order valence-electron chi connectivity index (χ1n) is 7.01. The maximum Gasteiger partial charge on any atom is 0.268 e. The van der Waals surface area contributed by atoms with Gasteiger partial charge >= 0.3 is 0 Å². The van der Waals surface area contributed by atoms with Gasteiger partial charge in [-0.1, -0.05) is 47.7 Å². The van der Waals surface area contributed by atoms with Gasteiger partial charge in [0.15, 0.2) is 5.13 Å². The van der Waals surface area contributed by atoms with Crippen LogP contribution in [0.25, 0.3) is 16.3 Å². The quantitative estimate of drug-likeness (QED) is 0.582. The molecular weight excluding hydrogens is 306 g/mol. The Kier molecular flexibility index (Phi) is 4.18. The average Bonchev–Trinajstić information content (AvgIpc) is 2.94. The third kappa shape index (κ3) is 3.44. The number of carbonyl (C=O) groups excluding carboxylic acids is 1. The van der Waals surface area contributed by atoms with Crippen LogP contribution in [0, 0.1) is 18.3 Å². The summed E-state index contributed by atoms with van der Waals surface area (Å²) < 4.78 is 1.01. The average molecular weight is 319 g/mol. The lowest BCUT2D eigenvalue weighted by atomic mass is 10.1. The van der Waals surface area contributed by atoms with E-state index in [2.05, 4.69) is 10.3 Å². The molecule has 0 aliphatic rings. The zero-order chi connectivity index (χ0) is 16.2. The van der Waals surface area contributed by atoms with Crippen molar-refractivity contribution in [2.45, 2.75) is 6.92 Å². The molecule has 1 N–H and O–H groups in total. The van der Waals surface area contributed by atoms with Gasteiger partial charge in [-0.05, 0) is 36.3 Å². The maximum absolute atomic E-state index is 12.3. The Morgan fingerprint density at radius 2 is 2.04 bits per heavy atom. The molecule has 5 heteroatoms. The summed E-state index contributed by atoms with van der Waals surface area (Å²) in [5.74, 6) is -0.452. The molecule has 1 heterocycles. The number of anilines is 1. The molecule has 1 aromatic heterocycles. The minimum atomic E-state index is -0.452. The van der Waals surface area contributed by atoms with Gasteiger partial charge in [0, 0.05) is 0 Å². The number of hydrogen-bond acceptors (Lipinski definition) is 4. The molecule has 0 saturated heterocycles. The Bertz CT molecular complexity index is 936. The number of nitrogens with one attached hydrogen (secondary N) is 1. The molecular formula is C18H13N3OS. The number of nitrogens with zero attached hydrogens (tertiary/aromatic N) is 2. The molecule has 1 amide bonds. The number of aryl methyl sites for hydroxylation is 1. The molecule has 0 aliphatic carbocycles. The summed E-state index contributed by atoms with van der Waals surface area (Å²) >= 11 is 1.39. The van der Waals surface area contributed by atoms with Crippen LogP contribution >= 0.6 is 11.3 Å². The standard InChI is InChI=1S/C18H13N3OS/c1-12-7-8-15-16(9-12)23-18(20-15)21-17(22)14(11-19)10-13-5-3-2-4-6-13/h2-10H,1H3,(H,20,21,22)/b14-10+. The molecule has 0 fully saturated rings. The van der Waals surface area contributed by atoms with Crippen molar-refractivity contribution in [3.05, 3.63) is 65.2 Å². The fourth-order valence-corrected chi connectivity index (χ4v) is 3.07. The largest absolute Gasteiger partial charge is 0.297 e. The van der Waals surface area contributed by atoms with Crippen LogP contribution in [0.2, 0.25) is 0 Å². The van der Waals surface area contributed by atoms with Crippen molar-refractivity contribution in [3.63, 3.8) is 0 Å². The lowest BCUT2D eigenvalue weighted by Crippen LogP contribution is -2.13. The van der Waals surface area contributed by atoms with Crippen LogP contribution < -0.4 is 5.32 Å². The number of thiazole rings is 1. The monoisotopic (exact) mass is 319 g/mol. The summed E-state index contributed by atoms with van der Waals surface area (Å²) in [4.78, 5) is 16.6. The summed E-state index contributed by atoms with van der Waals surface area (Å²) in [6.45, 7) is 2.01. The van der Waals surface area contributed by atoms with Crippen LogP contribution in [-0.2, 0) is 4.79 Å². The Morgan fingerprint density at radius 3 is 2.78 bits per heavy atom. The van der Waals surface area contributed by atoms with E-state index < -0.39 is 5.91 Å². The van der Waals surface area contributed by atoms with Gasteiger partial charge in [0.2, 0.25) is 0 Å². The molecule has 3 rings (SSSR count). The predicted octanol–water partition coefficient (Wildman–Crippen LogP) is 4.15. The van der Waals surface area contributed by atoms with Gasteiger partial charge in [0.25, 0.3) is 5.91 Å². The van der Waals surface area contributed by atoms with E-state index >= 15 is 0 Å². The highest BCUT2D eigenvalue weighted by atomic mass is 32.1. The number of benzene rings is 2. The third-order valence-corrected chi connectivity index (χ3v) is 4.17. The van der Waals surface area contributed by atoms with Crippen molar-refractivity contribution < 1.29 is 4.79 Å². The highest BCUT2D eigenvalue weighted by Crippen LogP contribution is 2.27. The molecule has 0 radical (unpaired) electrons. The number of rotatable bonds is 3. The Hall–Kier alpha value is -2.97. The van der Waals surface area contributed by atoms with Crippen LogP contribution in [0.4, 0.5) is 5.13 Å². The van der Waals surface area contributed by atoms with E-state index in [1.54, 1.807) is 6.08 Å². The van der Waals surface area contributed by atoms with Crippen LogP contribution in [-0.4, -0.2) is 10.9 Å². The number of nitriles is 1. The summed E-state index contributed by atoms with van der Waals surface area (Å²) in [5, 5.41) is 12.4. The van der Waals surface area contributed by atoms with Gasteiger partial charge in [0.05, 0.1) is 10.2 Å². The van der Waals surface area contributed by atoms with Crippen molar-refractivity contribution in [1.29, 1.82) is 5.26 Å². The second kappa shape index (κ2) is 6.42. The summed E-state index contributed by atoms with van der Waals surface area (Å²) in [5.41, 5.74) is 2.83. The van der Waals surface area contributed by atoms with E-state index in [9.17, 15) is 10.1 Å². The van der Waals surface area contributed by atoms with E-state index in [0.717, 1.165) is 21.3 Å². The normalized spacial score (nSPS) is 11.2. The fourth-order valence-electron chi connectivity index (χ4n) is 2.11. The van der Waals surface area contributed by atoms with Gasteiger partial charge in [0.1, 0.15) is 11.6 Å². The van der Waals surface area contributed by atoms with E-state index in [0.29, 0.717) is 5.13 Å². The van der Waals surface area contributed by atoms with Crippen LogP contribution in [0.5, 0.6) is 0 Å². The minimum Gasteiger partial charge on any atom is -0.297 e. The summed E-state index contributed by atoms with van der Waals surface area (Å²) in [6, 6.07) is 17.1. The first kappa shape index (κ1) is 14.9. The van der Waals surface area contributed by atoms with Gasteiger partial charge in [-0.3, -0.25) is 10.1 Å². The van der Waals surface area contributed by atoms with E-state index in [1.165, 1.54) is 11.3 Å². The number of aromatic nitrogens is 1. The molecule has 0 aliphatic heterocycles. The topological polar surface area (TPSA) is 65.8 Å². The summed E-state index contributed by atoms with van der Waals surface area (Å²) in [6.07, 6.45) is 1.56. The van der Waals surface area contributed by atoms with Gasteiger partial charge in [-0.15, -0.1) is 0 Å². The number of amides is 1. The smallest absolute Gasteiger partial charge is 0.268 e. The van der Waals surface area contributed by atoms with Crippen molar-refractivity contribution in [2.24, 2.45) is 0 Å². The van der Waals surface area contributed by atoms with E-state index in [1.807, 2.05) is 61.5 Å². The van der Waals surface area contributed by atoms with Crippen LogP contribution in [0.1, 0.15) is 11.1 Å². The SMILES string of the molecule is Cc1ccc2nc(NC(=O)/C(C#N)=C/c3ccccc3)sc2c1. The lowest BCUT2D eigenvalue weighted by Gasteiger charge is -1.99. The van der Waals surface area contributed by atoms with Crippen molar-refractivity contribution in [2.75, 3.05) is 5.32 Å². The molecule has 0 unspecified atom stereocenters. The molecule has 0 spiro atoms. The van der Waals surface area contributed by atoms with Crippen LogP contribution in [0.3, 0.4) is 0 Å². The second-order valence-corrected chi connectivity index (χ2v) is 6.06. The number of carbonyl (C=O) groups is 1. The Balaban J connectivity index is 1.84. The molecule has 3 aromatic rings. The van der Waals surface area contributed by atoms with Crippen LogP contribution in [0.15, 0.2) is 54.1 Å². The van der Waals surface area contributed by atoms with Crippen molar-refractivity contribution >= 4 is 38.7 Å². The molecule has 4 nitrogen and oxygen atoms in total. The molecule has 0 saturated carbocycles. The van der Waals surface area contributed by atoms with Gasteiger partial charge in [-0.2, -0.15) is 5.26 Å². The lowest BCUT2D eigenvalue weighted by molar-refractivity contribution is -0.112. The zero-order valence-corrected chi connectivity index (χ0v) is 13.2. The first-order valence-corrected chi connectivity index (χ1v) is 7.83. The van der Waals surface area contributed by atoms with E-state index in [4.69, 9.17) is 0 Å². The highest BCUT2D eigenvalue weighted by molar-refractivity contribution is 7.22. The Labute approximate surface area is 137 Å². The summed E-state index contributed by atoms with van der Waals surface area (Å²) in [7, 11) is 0. The van der Waals surface area contributed by atoms with E-state index in [-0.39, 0.29) is 5.57 Å². The number of fused-ring (bicyclic) bond motifs is 1. The predicted molar refractivity (Wildman–Crippen MR) is 93.0 cm³/mol. The Morgan fingerprint density at radius 1 is 1.26 bits per heavy atom. The molecule has 0 bridgehead atoms. The maximum atomic E-state index is 12.3. The highest BCUT2D eigenvalue weighted by Gasteiger charge is 2.12. The molecule has 0 atom stereocenters. The van der Waals surface area contributed by atoms with Crippen molar-refractivity contribution in [1.82, 2.24) is 4.98 Å². The minimum absolute atomic E-state index is 0.0478. The molecule has 2 aromatic carbocycles. The first-order chi connectivity index (χ1) is 11.2. The molecule has 112 valence electrons. The zero-order valence-electron chi connectivity index (χ0n) is 12.4. The second-order valence-electron chi connectivity index (χ2n) is 5.02. The third-order valence-electron chi connectivity index (χ3n) is 3.24. The number of hydrogen-bond donors (Lipinski definition) is 1. The van der Waals surface area contributed by atoms with Gasteiger partial charge < -0.3 is 0 Å². The van der Waals surface area contributed by atoms with Crippen molar-refractivity contribution in [3.8, 4) is 6.07 Å².